The van der Waals surface area contributed by atoms with Crippen molar-refractivity contribution in [2.75, 3.05) is 0 Å². The zero-order valence-corrected chi connectivity index (χ0v) is 15.9. The van der Waals surface area contributed by atoms with E-state index in [2.05, 4.69) is 15.2 Å². The topological polar surface area (TPSA) is 98.0 Å². The molecule has 29 heavy (non-hydrogen) atoms. The van der Waals surface area contributed by atoms with E-state index in [1.807, 2.05) is 5.32 Å². The molecule has 11 heteroatoms. The smallest absolute Gasteiger partial charge is 0.412 e. The first-order chi connectivity index (χ1) is 13.7. The van der Waals surface area contributed by atoms with E-state index in [4.69, 9.17) is 4.42 Å². The maximum Gasteiger partial charge on any atom is 0.412 e. The van der Waals surface area contributed by atoms with E-state index >= 15 is 0 Å². The highest BCUT2D eigenvalue weighted by atomic mass is 32.1. The number of ketones is 1. The number of hydrogen-bond acceptors (Lipinski definition) is 7. The SMILES string of the molecule is CC(=O)c1ccc(-c2nnc(CCC(=O)NC(c3cccnc3)C(F)(F)F)o2)s1. The van der Waals surface area contributed by atoms with Gasteiger partial charge in [0.25, 0.3) is 5.89 Å². The molecular weight excluding hydrogens is 409 g/mol. The van der Waals surface area contributed by atoms with Crippen molar-refractivity contribution in [3.05, 3.63) is 53.0 Å². The van der Waals surface area contributed by atoms with Gasteiger partial charge in [-0.2, -0.15) is 13.2 Å². The van der Waals surface area contributed by atoms with E-state index < -0.39 is 18.1 Å². The number of aromatic nitrogens is 3. The van der Waals surface area contributed by atoms with E-state index in [0.29, 0.717) is 9.75 Å². The fourth-order valence-corrected chi connectivity index (χ4v) is 3.27. The summed E-state index contributed by atoms with van der Waals surface area (Å²) in [6.07, 6.45) is -2.55. The molecule has 0 bridgehead atoms. The number of Topliss-reactive ketones (excluding diaryl/α,β-unsaturated/α-hetero) is 1. The van der Waals surface area contributed by atoms with Gasteiger partial charge in [0.2, 0.25) is 11.8 Å². The zero-order valence-electron chi connectivity index (χ0n) is 15.1. The predicted molar refractivity (Wildman–Crippen MR) is 97.1 cm³/mol. The second-order valence-electron chi connectivity index (χ2n) is 6.05. The van der Waals surface area contributed by atoms with E-state index in [9.17, 15) is 22.8 Å². The Morgan fingerprint density at radius 1 is 1.24 bits per heavy atom. The molecule has 152 valence electrons. The van der Waals surface area contributed by atoms with Crippen molar-refractivity contribution in [2.24, 2.45) is 0 Å². The molecule has 0 aliphatic rings. The summed E-state index contributed by atoms with van der Waals surface area (Å²) in [6, 6.07) is 3.75. The molecule has 1 unspecified atom stereocenters. The molecule has 0 aliphatic heterocycles. The van der Waals surface area contributed by atoms with Crippen LogP contribution in [-0.2, 0) is 11.2 Å². The molecule has 1 amide bonds. The van der Waals surface area contributed by atoms with Gasteiger partial charge >= 0.3 is 6.18 Å². The van der Waals surface area contributed by atoms with Crippen molar-refractivity contribution < 1.29 is 27.2 Å². The molecule has 0 saturated carbocycles. The lowest BCUT2D eigenvalue weighted by molar-refractivity contribution is -0.163. The molecule has 1 atom stereocenters. The third-order valence-corrected chi connectivity index (χ3v) is 5.02. The van der Waals surface area contributed by atoms with Gasteiger partial charge in [-0.1, -0.05) is 6.07 Å². The highest BCUT2D eigenvalue weighted by molar-refractivity contribution is 7.17. The number of thiophene rings is 1. The highest BCUT2D eigenvalue weighted by Gasteiger charge is 2.41. The van der Waals surface area contributed by atoms with Gasteiger partial charge in [-0.25, -0.2) is 0 Å². The van der Waals surface area contributed by atoms with Gasteiger partial charge in [-0.15, -0.1) is 21.5 Å². The summed E-state index contributed by atoms with van der Waals surface area (Å²) in [5, 5.41) is 9.61. The van der Waals surface area contributed by atoms with Gasteiger partial charge in [0.05, 0.1) is 9.75 Å². The summed E-state index contributed by atoms with van der Waals surface area (Å²) in [7, 11) is 0. The normalized spacial score (nSPS) is 12.6. The van der Waals surface area contributed by atoms with Gasteiger partial charge in [0.1, 0.15) is 0 Å². The number of pyridine rings is 1. The Labute approximate surface area is 167 Å². The number of halogens is 3. The van der Waals surface area contributed by atoms with E-state index in [1.165, 1.54) is 36.6 Å². The number of nitrogens with one attached hydrogen (secondary N) is 1. The van der Waals surface area contributed by atoms with Crippen molar-refractivity contribution in [3.8, 4) is 10.8 Å². The summed E-state index contributed by atoms with van der Waals surface area (Å²) < 4.78 is 45.3. The number of amides is 1. The Hall–Kier alpha value is -3.08. The average Bonchev–Trinajstić information content (AvgIpc) is 3.33. The number of aryl methyl sites for hydroxylation is 1. The number of nitrogens with zero attached hydrogens (tertiary/aromatic N) is 3. The number of carbonyl (C=O) groups is 2. The molecule has 3 heterocycles. The Kier molecular flexibility index (Phi) is 6.06. The number of rotatable bonds is 7. The van der Waals surface area contributed by atoms with Crippen molar-refractivity contribution in [2.45, 2.75) is 32.0 Å². The Morgan fingerprint density at radius 3 is 2.66 bits per heavy atom. The van der Waals surface area contributed by atoms with Gasteiger partial charge in [0.15, 0.2) is 11.8 Å². The van der Waals surface area contributed by atoms with Crippen LogP contribution < -0.4 is 5.32 Å². The lowest BCUT2D eigenvalue weighted by Gasteiger charge is -2.21. The molecule has 3 aromatic rings. The molecule has 0 radical (unpaired) electrons. The number of hydrogen-bond donors (Lipinski definition) is 1. The maximum atomic E-state index is 13.3. The Morgan fingerprint density at radius 2 is 2.03 bits per heavy atom. The van der Waals surface area contributed by atoms with Gasteiger partial charge in [0, 0.05) is 30.8 Å². The van der Waals surface area contributed by atoms with Crippen LogP contribution in [0.1, 0.15) is 40.5 Å². The van der Waals surface area contributed by atoms with E-state index in [1.54, 1.807) is 12.1 Å². The molecule has 0 aromatic carbocycles. The van der Waals surface area contributed by atoms with Crippen LogP contribution in [0.15, 0.2) is 41.1 Å². The predicted octanol–water partition coefficient (Wildman–Crippen LogP) is 3.75. The van der Waals surface area contributed by atoms with Crippen LogP contribution in [0.2, 0.25) is 0 Å². The minimum Gasteiger partial charge on any atom is -0.420 e. The third-order valence-electron chi connectivity index (χ3n) is 3.85. The fourth-order valence-electron chi connectivity index (χ4n) is 2.45. The molecule has 0 spiro atoms. The van der Waals surface area contributed by atoms with Crippen LogP contribution in [0.25, 0.3) is 10.8 Å². The first-order valence-corrected chi connectivity index (χ1v) is 9.25. The zero-order chi connectivity index (χ0) is 21.0. The van der Waals surface area contributed by atoms with Gasteiger partial charge in [-0.3, -0.25) is 14.6 Å². The van der Waals surface area contributed by atoms with Crippen LogP contribution in [0, 0.1) is 0 Å². The van der Waals surface area contributed by atoms with Crippen LogP contribution in [0.3, 0.4) is 0 Å². The second-order valence-corrected chi connectivity index (χ2v) is 7.13. The average molecular weight is 424 g/mol. The monoisotopic (exact) mass is 424 g/mol. The molecule has 0 fully saturated rings. The quantitative estimate of drug-likeness (QED) is 0.580. The summed E-state index contributed by atoms with van der Waals surface area (Å²) in [6.45, 7) is 1.44. The summed E-state index contributed by atoms with van der Waals surface area (Å²) in [4.78, 5) is 28.2. The Bertz CT molecular complexity index is 1000. The summed E-state index contributed by atoms with van der Waals surface area (Å²) >= 11 is 1.18. The van der Waals surface area contributed by atoms with E-state index in [-0.39, 0.29) is 36.0 Å². The van der Waals surface area contributed by atoms with Crippen molar-refractivity contribution >= 4 is 23.0 Å². The molecule has 3 rings (SSSR count). The van der Waals surface area contributed by atoms with Crippen molar-refractivity contribution in [1.82, 2.24) is 20.5 Å². The molecule has 0 aliphatic carbocycles. The van der Waals surface area contributed by atoms with Crippen molar-refractivity contribution in [3.63, 3.8) is 0 Å². The fraction of sp³-hybridized carbons (Fsp3) is 0.278. The summed E-state index contributed by atoms with van der Waals surface area (Å²) in [5.41, 5.74) is -0.160. The van der Waals surface area contributed by atoms with Crippen LogP contribution >= 0.6 is 11.3 Å². The van der Waals surface area contributed by atoms with Crippen LogP contribution in [-0.4, -0.2) is 33.0 Å². The summed E-state index contributed by atoms with van der Waals surface area (Å²) in [5.74, 6) is -0.615. The van der Waals surface area contributed by atoms with Crippen molar-refractivity contribution in [1.29, 1.82) is 0 Å². The minimum atomic E-state index is -4.66. The third kappa shape index (κ3) is 5.25. The highest BCUT2D eigenvalue weighted by Crippen LogP contribution is 2.32. The molecule has 7 nitrogen and oxygen atoms in total. The molecule has 3 aromatic heterocycles. The first kappa shape index (κ1) is 20.6. The number of carbonyl (C=O) groups excluding carboxylic acids is 2. The minimum absolute atomic E-state index is 0.0264. The largest absolute Gasteiger partial charge is 0.420 e. The first-order valence-electron chi connectivity index (χ1n) is 8.43. The van der Waals surface area contributed by atoms with Crippen LogP contribution in [0.4, 0.5) is 13.2 Å². The second kappa shape index (κ2) is 8.52. The standard InChI is InChI=1S/C18H15F3N4O3S/c1-10(26)12-4-5-13(29-12)17-25-24-15(28-17)7-6-14(27)23-16(18(19,20)21)11-3-2-8-22-9-11/h2-5,8-9,16H,6-7H2,1H3,(H,23,27). The van der Waals surface area contributed by atoms with Gasteiger partial charge in [-0.05, 0) is 25.1 Å². The van der Waals surface area contributed by atoms with Gasteiger partial charge < -0.3 is 9.73 Å². The van der Waals surface area contributed by atoms with E-state index in [0.717, 1.165) is 6.20 Å². The molecule has 1 N–H and O–H groups in total. The lowest BCUT2D eigenvalue weighted by Crippen LogP contribution is -2.38. The maximum absolute atomic E-state index is 13.3. The lowest BCUT2D eigenvalue weighted by atomic mass is 10.1. The molecule has 0 saturated heterocycles. The number of alkyl halides is 3. The Balaban J connectivity index is 1.61. The molecular formula is C18H15F3N4O3S. The van der Waals surface area contributed by atoms with Crippen LogP contribution in [0.5, 0.6) is 0 Å².